The maximum atomic E-state index is 12.4. The number of aromatic carboxylic acids is 1. The second-order valence-corrected chi connectivity index (χ2v) is 3.26. The van der Waals surface area contributed by atoms with Crippen LogP contribution in [0.15, 0.2) is 6.07 Å². The van der Waals surface area contributed by atoms with Crippen LogP contribution in [0.5, 0.6) is 0 Å². The van der Waals surface area contributed by atoms with E-state index < -0.39 is 40.5 Å². The molecule has 0 aliphatic rings. The predicted octanol–water partition coefficient (Wildman–Crippen LogP) is 3.39. The Hall–Kier alpha value is -1.44. The van der Waals surface area contributed by atoms with E-state index in [0.29, 0.717) is 6.07 Å². The number of nitrogens with zero attached hydrogens (tertiary/aromatic N) is 1. The monoisotopic (exact) mass is 275 g/mol. The molecule has 0 fully saturated rings. The SMILES string of the molecule is O=C(O)c1nc(C(F)F)cc(Cl)c1C(F)(F)F. The van der Waals surface area contributed by atoms with Gasteiger partial charge in [-0.05, 0) is 6.07 Å². The maximum Gasteiger partial charge on any atom is 0.420 e. The highest BCUT2D eigenvalue weighted by Crippen LogP contribution is 2.38. The molecule has 94 valence electrons. The van der Waals surface area contributed by atoms with Crippen LogP contribution in [0.4, 0.5) is 22.0 Å². The molecule has 0 radical (unpaired) electrons. The maximum absolute atomic E-state index is 12.4. The van der Waals surface area contributed by atoms with Gasteiger partial charge in [-0.1, -0.05) is 11.6 Å². The molecule has 1 rings (SSSR count). The molecule has 0 aliphatic heterocycles. The van der Waals surface area contributed by atoms with Crippen LogP contribution >= 0.6 is 11.6 Å². The Balaban J connectivity index is 3.56. The third-order valence-electron chi connectivity index (χ3n) is 1.70. The molecule has 0 saturated carbocycles. The van der Waals surface area contributed by atoms with Crippen molar-refractivity contribution in [3.8, 4) is 0 Å². The van der Waals surface area contributed by atoms with Crippen molar-refractivity contribution < 1.29 is 31.9 Å². The Morgan fingerprint density at radius 1 is 1.41 bits per heavy atom. The van der Waals surface area contributed by atoms with Gasteiger partial charge >= 0.3 is 12.1 Å². The van der Waals surface area contributed by atoms with Crippen molar-refractivity contribution in [1.82, 2.24) is 4.98 Å². The van der Waals surface area contributed by atoms with Gasteiger partial charge in [-0.2, -0.15) is 13.2 Å². The molecule has 0 bridgehead atoms. The van der Waals surface area contributed by atoms with Crippen molar-refractivity contribution >= 4 is 17.6 Å². The Labute approximate surface area is 95.8 Å². The summed E-state index contributed by atoms with van der Waals surface area (Å²) in [4.78, 5) is 13.3. The van der Waals surface area contributed by atoms with E-state index in [4.69, 9.17) is 16.7 Å². The number of alkyl halides is 5. The van der Waals surface area contributed by atoms with Crippen molar-refractivity contribution in [2.24, 2.45) is 0 Å². The Kier molecular flexibility index (Phi) is 3.56. The van der Waals surface area contributed by atoms with Crippen LogP contribution in [0, 0.1) is 0 Å². The molecule has 1 aromatic rings. The lowest BCUT2D eigenvalue weighted by Gasteiger charge is -2.12. The molecule has 1 heterocycles. The van der Waals surface area contributed by atoms with E-state index in [1.165, 1.54) is 0 Å². The molecular weight excluding hydrogens is 273 g/mol. The average Bonchev–Trinajstić information content (AvgIpc) is 2.13. The summed E-state index contributed by atoms with van der Waals surface area (Å²) in [5.41, 5.74) is -4.41. The predicted molar refractivity (Wildman–Crippen MR) is 46.2 cm³/mol. The molecule has 0 unspecified atom stereocenters. The molecule has 0 spiro atoms. The highest BCUT2D eigenvalue weighted by atomic mass is 35.5. The molecule has 17 heavy (non-hydrogen) atoms. The fourth-order valence-electron chi connectivity index (χ4n) is 1.07. The smallest absolute Gasteiger partial charge is 0.420 e. The molecule has 0 aromatic carbocycles. The van der Waals surface area contributed by atoms with Crippen molar-refractivity contribution in [1.29, 1.82) is 0 Å². The molecule has 0 amide bonds. The number of carboxylic acids is 1. The van der Waals surface area contributed by atoms with Gasteiger partial charge in [0.25, 0.3) is 6.43 Å². The first-order chi connectivity index (χ1) is 7.64. The van der Waals surface area contributed by atoms with Gasteiger partial charge < -0.3 is 5.11 Å². The van der Waals surface area contributed by atoms with Crippen LogP contribution in [-0.2, 0) is 6.18 Å². The summed E-state index contributed by atoms with van der Waals surface area (Å²) >= 11 is 5.15. The number of hydrogen-bond donors (Lipinski definition) is 1. The molecular formula is C8H3ClF5NO2. The van der Waals surface area contributed by atoms with E-state index in [9.17, 15) is 26.7 Å². The minimum Gasteiger partial charge on any atom is -0.476 e. The van der Waals surface area contributed by atoms with Crippen LogP contribution in [-0.4, -0.2) is 16.1 Å². The van der Waals surface area contributed by atoms with Gasteiger partial charge in [-0.3, -0.25) is 0 Å². The van der Waals surface area contributed by atoms with Gasteiger partial charge in [0.1, 0.15) is 11.3 Å². The number of rotatable bonds is 2. The fraction of sp³-hybridized carbons (Fsp3) is 0.250. The van der Waals surface area contributed by atoms with E-state index in [2.05, 4.69) is 4.98 Å². The minimum atomic E-state index is -5.08. The van der Waals surface area contributed by atoms with Gasteiger partial charge in [-0.15, -0.1) is 0 Å². The summed E-state index contributed by atoms with van der Waals surface area (Å²) < 4.78 is 61.7. The first-order valence-corrected chi connectivity index (χ1v) is 4.31. The van der Waals surface area contributed by atoms with Gasteiger partial charge in [0.05, 0.1) is 5.02 Å². The summed E-state index contributed by atoms with van der Waals surface area (Å²) in [6.45, 7) is 0. The topological polar surface area (TPSA) is 50.2 Å². The summed E-state index contributed by atoms with van der Waals surface area (Å²) in [6, 6.07) is 0.293. The average molecular weight is 276 g/mol. The molecule has 3 nitrogen and oxygen atoms in total. The number of halogens is 6. The van der Waals surface area contributed by atoms with Gasteiger partial charge in [0.15, 0.2) is 5.69 Å². The summed E-state index contributed by atoms with van der Waals surface area (Å²) in [6.07, 6.45) is -8.30. The third-order valence-corrected chi connectivity index (χ3v) is 2.00. The Morgan fingerprint density at radius 3 is 2.29 bits per heavy atom. The Morgan fingerprint density at radius 2 is 1.94 bits per heavy atom. The van der Waals surface area contributed by atoms with Gasteiger partial charge in [0, 0.05) is 0 Å². The van der Waals surface area contributed by atoms with E-state index in [-0.39, 0.29) is 0 Å². The number of carbonyl (C=O) groups is 1. The number of pyridine rings is 1. The van der Waals surface area contributed by atoms with Crippen molar-refractivity contribution in [2.75, 3.05) is 0 Å². The Bertz CT molecular complexity index is 460. The second-order valence-electron chi connectivity index (χ2n) is 2.86. The van der Waals surface area contributed by atoms with E-state index >= 15 is 0 Å². The largest absolute Gasteiger partial charge is 0.476 e. The van der Waals surface area contributed by atoms with Crippen LogP contribution in [0.2, 0.25) is 5.02 Å². The lowest BCUT2D eigenvalue weighted by atomic mass is 10.1. The van der Waals surface area contributed by atoms with Gasteiger partial charge in [-0.25, -0.2) is 18.6 Å². The highest BCUT2D eigenvalue weighted by molar-refractivity contribution is 6.31. The highest BCUT2D eigenvalue weighted by Gasteiger charge is 2.39. The van der Waals surface area contributed by atoms with Crippen LogP contribution in [0.25, 0.3) is 0 Å². The third kappa shape index (κ3) is 2.82. The fourth-order valence-corrected chi connectivity index (χ4v) is 1.38. The van der Waals surface area contributed by atoms with E-state index in [1.54, 1.807) is 0 Å². The quantitative estimate of drug-likeness (QED) is 0.842. The summed E-state index contributed by atoms with van der Waals surface area (Å²) in [5, 5.41) is 7.37. The van der Waals surface area contributed by atoms with Crippen molar-refractivity contribution in [3.63, 3.8) is 0 Å². The number of carboxylic acid groups (broad SMARTS) is 1. The lowest BCUT2D eigenvalue weighted by molar-refractivity contribution is -0.138. The van der Waals surface area contributed by atoms with Crippen molar-refractivity contribution in [3.05, 3.63) is 28.0 Å². The minimum absolute atomic E-state index is 0.293. The normalized spacial score (nSPS) is 11.9. The first-order valence-electron chi connectivity index (χ1n) is 3.93. The molecule has 0 saturated heterocycles. The zero-order valence-electron chi connectivity index (χ0n) is 7.73. The van der Waals surface area contributed by atoms with E-state index in [0.717, 1.165) is 0 Å². The van der Waals surface area contributed by atoms with Gasteiger partial charge in [0.2, 0.25) is 0 Å². The molecule has 0 atom stereocenters. The number of aromatic nitrogens is 1. The molecule has 1 aromatic heterocycles. The van der Waals surface area contributed by atoms with Crippen LogP contribution in [0.1, 0.15) is 28.2 Å². The van der Waals surface area contributed by atoms with E-state index in [1.807, 2.05) is 0 Å². The number of hydrogen-bond acceptors (Lipinski definition) is 2. The molecule has 1 N–H and O–H groups in total. The van der Waals surface area contributed by atoms with Crippen LogP contribution in [0.3, 0.4) is 0 Å². The standard InChI is InChI=1S/C8H3ClF5NO2/c9-2-1-3(6(10)11)15-5(7(16)17)4(2)8(12,13)14/h1,6H,(H,16,17). The second kappa shape index (κ2) is 4.44. The molecule has 9 heteroatoms. The zero-order chi connectivity index (χ0) is 13.4. The lowest BCUT2D eigenvalue weighted by Crippen LogP contribution is -2.17. The molecule has 0 aliphatic carbocycles. The summed E-state index contributed by atoms with van der Waals surface area (Å²) in [7, 11) is 0. The van der Waals surface area contributed by atoms with Crippen molar-refractivity contribution in [2.45, 2.75) is 12.6 Å². The zero-order valence-corrected chi connectivity index (χ0v) is 8.48. The van der Waals surface area contributed by atoms with Crippen LogP contribution < -0.4 is 0 Å². The first kappa shape index (κ1) is 13.6. The summed E-state index contributed by atoms with van der Waals surface area (Å²) in [5.74, 6) is -2.08.